The van der Waals surface area contributed by atoms with Crippen molar-refractivity contribution >= 4 is 23.6 Å². The maximum absolute atomic E-state index is 12.2. The van der Waals surface area contributed by atoms with Crippen molar-refractivity contribution in [2.24, 2.45) is 5.92 Å². The summed E-state index contributed by atoms with van der Waals surface area (Å²) in [6, 6.07) is 9.09. The van der Waals surface area contributed by atoms with E-state index in [2.05, 4.69) is 5.32 Å². The highest BCUT2D eigenvalue weighted by Gasteiger charge is 2.29. The van der Waals surface area contributed by atoms with E-state index < -0.39 is 0 Å². The smallest absolute Gasteiger partial charge is 0.321 e. The van der Waals surface area contributed by atoms with E-state index in [1.165, 1.54) is 0 Å². The molecule has 0 aromatic heterocycles. The zero-order chi connectivity index (χ0) is 18.9. The zero-order valence-electron chi connectivity index (χ0n) is 15.4. The van der Waals surface area contributed by atoms with Crippen molar-refractivity contribution in [2.75, 3.05) is 38.1 Å². The third-order valence-corrected chi connectivity index (χ3v) is 4.59. The van der Waals surface area contributed by atoms with E-state index in [1.54, 1.807) is 9.80 Å². The lowest BCUT2D eigenvalue weighted by molar-refractivity contribution is -0.156. The number of urea groups is 1. The van der Waals surface area contributed by atoms with Gasteiger partial charge >= 0.3 is 12.0 Å². The van der Waals surface area contributed by atoms with Crippen molar-refractivity contribution < 1.29 is 19.1 Å². The molecule has 1 heterocycles. The standard InChI is InChI=1S/C19H27N3O4/c1-3-21(4-2)17(23)14-26-18(24)15-10-12-22(13-11-15)19(25)20-16-8-6-5-7-9-16/h5-9,15H,3-4,10-14H2,1-2H3,(H,20,25). The largest absolute Gasteiger partial charge is 0.455 e. The molecule has 1 aromatic carbocycles. The SMILES string of the molecule is CCN(CC)C(=O)COC(=O)C1CCN(C(=O)Nc2ccccc2)CC1. The van der Waals surface area contributed by atoms with Crippen molar-refractivity contribution in [3.63, 3.8) is 0 Å². The van der Waals surface area contributed by atoms with Crippen LogP contribution in [0, 0.1) is 5.92 Å². The van der Waals surface area contributed by atoms with Crippen molar-refractivity contribution in [3.05, 3.63) is 30.3 Å². The molecule has 0 saturated carbocycles. The van der Waals surface area contributed by atoms with Crippen LogP contribution in [0.1, 0.15) is 26.7 Å². The Kier molecular flexibility index (Phi) is 7.44. The van der Waals surface area contributed by atoms with E-state index >= 15 is 0 Å². The van der Waals surface area contributed by atoms with Gasteiger partial charge in [-0.15, -0.1) is 0 Å². The number of para-hydroxylation sites is 1. The number of likely N-dealkylation sites (tertiary alicyclic amines) is 1. The van der Waals surface area contributed by atoms with E-state index in [9.17, 15) is 14.4 Å². The highest BCUT2D eigenvalue weighted by Crippen LogP contribution is 2.19. The molecule has 142 valence electrons. The molecule has 1 aliphatic heterocycles. The van der Waals surface area contributed by atoms with Crippen LogP contribution in [0.2, 0.25) is 0 Å². The summed E-state index contributed by atoms with van der Waals surface area (Å²) < 4.78 is 5.17. The molecule has 0 aliphatic carbocycles. The third kappa shape index (κ3) is 5.47. The van der Waals surface area contributed by atoms with Gasteiger partial charge < -0.3 is 19.9 Å². The number of likely N-dealkylation sites (N-methyl/N-ethyl adjacent to an activating group) is 1. The summed E-state index contributed by atoms with van der Waals surface area (Å²) in [6.07, 6.45) is 1.08. The first-order valence-electron chi connectivity index (χ1n) is 9.10. The van der Waals surface area contributed by atoms with E-state index in [-0.39, 0.29) is 30.4 Å². The molecule has 1 saturated heterocycles. The predicted octanol–water partition coefficient (Wildman–Crippen LogP) is 2.34. The Bertz CT molecular complexity index is 608. The maximum Gasteiger partial charge on any atom is 0.321 e. The summed E-state index contributed by atoms with van der Waals surface area (Å²) in [5.74, 6) is -0.795. The topological polar surface area (TPSA) is 79.0 Å². The van der Waals surface area contributed by atoms with Gasteiger partial charge in [-0.2, -0.15) is 0 Å². The van der Waals surface area contributed by atoms with E-state index in [0.29, 0.717) is 39.0 Å². The maximum atomic E-state index is 12.2. The number of rotatable bonds is 6. The van der Waals surface area contributed by atoms with Crippen LogP contribution in [0.3, 0.4) is 0 Å². The lowest BCUT2D eigenvalue weighted by atomic mass is 9.97. The number of anilines is 1. The molecule has 1 aromatic rings. The monoisotopic (exact) mass is 361 g/mol. The number of esters is 1. The quantitative estimate of drug-likeness (QED) is 0.789. The molecule has 1 N–H and O–H groups in total. The number of carbonyl (C=O) groups is 3. The van der Waals surface area contributed by atoms with Gasteiger partial charge in [0, 0.05) is 31.9 Å². The molecular formula is C19H27N3O4. The molecule has 1 fully saturated rings. The number of amides is 3. The second kappa shape index (κ2) is 9.79. The molecule has 0 bridgehead atoms. The van der Waals surface area contributed by atoms with Gasteiger partial charge in [0.15, 0.2) is 6.61 Å². The number of ether oxygens (including phenoxy) is 1. The van der Waals surface area contributed by atoms with Gasteiger partial charge in [0.1, 0.15) is 0 Å². The average Bonchev–Trinajstić information content (AvgIpc) is 2.68. The summed E-state index contributed by atoms with van der Waals surface area (Å²) >= 11 is 0. The van der Waals surface area contributed by atoms with Crippen LogP contribution in [-0.4, -0.2) is 60.5 Å². The summed E-state index contributed by atoms with van der Waals surface area (Å²) in [4.78, 5) is 39.6. The zero-order valence-corrected chi connectivity index (χ0v) is 15.4. The highest BCUT2D eigenvalue weighted by molar-refractivity contribution is 5.89. The van der Waals surface area contributed by atoms with E-state index in [1.807, 2.05) is 44.2 Å². The fourth-order valence-corrected chi connectivity index (χ4v) is 2.96. The Morgan fingerprint density at radius 1 is 1.12 bits per heavy atom. The van der Waals surface area contributed by atoms with Crippen molar-refractivity contribution in [1.82, 2.24) is 9.80 Å². The molecule has 26 heavy (non-hydrogen) atoms. The molecule has 0 atom stereocenters. The summed E-state index contributed by atoms with van der Waals surface area (Å²) in [7, 11) is 0. The van der Waals surface area contributed by atoms with Crippen molar-refractivity contribution in [2.45, 2.75) is 26.7 Å². The fraction of sp³-hybridized carbons (Fsp3) is 0.526. The number of hydrogen-bond donors (Lipinski definition) is 1. The minimum atomic E-state index is -0.353. The van der Waals surface area contributed by atoms with Crippen LogP contribution in [0.15, 0.2) is 30.3 Å². The second-order valence-electron chi connectivity index (χ2n) is 6.23. The molecule has 1 aliphatic rings. The number of piperidine rings is 1. The number of nitrogens with one attached hydrogen (secondary N) is 1. The Morgan fingerprint density at radius 3 is 2.31 bits per heavy atom. The van der Waals surface area contributed by atoms with Crippen molar-refractivity contribution in [3.8, 4) is 0 Å². The first-order chi connectivity index (χ1) is 12.5. The lowest BCUT2D eigenvalue weighted by Crippen LogP contribution is -2.43. The second-order valence-corrected chi connectivity index (χ2v) is 6.23. The third-order valence-electron chi connectivity index (χ3n) is 4.59. The number of hydrogen-bond acceptors (Lipinski definition) is 4. The Hall–Kier alpha value is -2.57. The summed E-state index contributed by atoms with van der Waals surface area (Å²) in [5, 5.41) is 2.84. The van der Waals surface area contributed by atoms with Crippen molar-refractivity contribution in [1.29, 1.82) is 0 Å². The van der Waals surface area contributed by atoms with E-state index in [0.717, 1.165) is 5.69 Å². The van der Waals surface area contributed by atoms with Crippen LogP contribution >= 0.6 is 0 Å². The molecule has 0 unspecified atom stereocenters. The van der Waals surface area contributed by atoms with Crippen LogP contribution in [0.4, 0.5) is 10.5 Å². The Labute approximate surface area is 154 Å². The van der Waals surface area contributed by atoms with Crippen LogP contribution < -0.4 is 5.32 Å². The van der Waals surface area contributed by atoms with E-state index in [4.69, 9.17) is 4.74 Å². The van der Waals surface area contributed by atoms with Gasteiger partial charge in [0.25, 0.3) is 5.91 Å². The first-order valence-corrected chi connectivity index (χ1v) is 9.10. The molecule has 0 spiro atoms. The van der Waals surface area contributed by atoms with Gasteiger partial charge in [-0.3, -0.25) is 9.59 Å². The molecule has 7 nitrogen and oxygen atoms in total. The minimum absolute atomic E-state index is 0.167. The number of carbonyl (C=O) groups excluding carboxylic acids is 3. The lowest BCUT2D eigenvalue weighted by Gasteiger charge is -2.31. The highest BCUT2D eigenvalue weighted by atomic mass is 16.5. The summed E-state index contributed by atoms with van der Waals surface area (Å²) in [5.41, 5.74) is 0.744. The van der Waals surface area contributed by atoms with Gasteiger partial charge in [-0.1, -0.05) is 18.2 Å². The first kappa shape index (κ1) is 19.8. The van der Waals surface area contributed by atoms with Crippen LogP contribution in [0.25, 0.3) is 0 Å². The number of benzene rings is 1. The molecule has 2 rings (SSSR count). The normalized spacial score (nSPS) is 14.6. The van der Waals surface area contributed by atoms with Crippen LogP contribution in [-0.2, 0) is 14.3 Å². The van der Waals surface area contributed by atoms with Gasteiger partial charge in [0.2, 0.25) is 0 Å². The number of nitrogens with zero attached hydrogens (tertiary/aromatic N) is 2. The van der Waals surface area contributed by atoms with Crippen LogP contribution in [0.5, 0.6) is 0 Å². The van der Waals surface area contributed by atoms with Gasteiger partial charge in [-0.05, 0) is 38.8 Å². The van der Waals surface area contributed by atoms with Gasteiger partial charge in [-0.25, -0.2) is 4.79 Å². The predicted molar refractivity (Wildman–Crippen MR) is 98.6 cm³/mol. The molecule has 0 radical (unpaired) electrons. The molecule has 7 heteroatoms. The molecular weight excluding hydrogens is 334 g/mol. The summed E-state index contributed by atoms with van der Waals surface area (Å²) in [6.45, 7) is 5.74. The average molecular weight is 361 g/mol. The Morgan fingerprint density at radius 2 is 1.73 bits per heavy atom. The Balaban J connectivity index is 1.74. The van der Waals surface area contributed by atoms with Gasteiger partial charge in [0.05, 0.1) is 5.92 Å². The fourth-order valence-electron chi connectivity index (χ4n) is 2.96. The minimum Gasteiger partial charge on any atom is -0.455 e. The molecule has 3 amide bonds.